The largest absolute Gasteiger partial charge is 0.261 e. The highest BCUT2D eigenvalue weighted by Gasteiger charge is 2.13. The first kappa shape index (κ1) is 11.9. The molecule has 68 valence electrons. The van der Waals surface area contributed by atoms with Crippen molar-refractivity contribution in [2.24, 2.45) is 0 Å². The van der Waals surface area contributed by atoms with Crippen LogP contribution in [-0.4, -0.2) is 8.42 Å². The van der Waals surface area contributed by atoms with Gasteiger partial charge in [0.25, 0.3) is 9.05 Å². The summed E-state index contributed by atoms with van der Waals surface area (Å²) in [5.74, 6) is 0. The smallest absolute Gasteiger partial charge is 0.207 e. The minimum absolute atomic E-state index is 0.137. The first-order valence-corrected chi connectivity index (χ1v) is 6.12. The van der Waals surface area contributed by atoms with E-state index in [-0.39, 0.29) is 4.91 Å². The van der Waals surface area contributed by atoms with Gasteiger partial charge in [-0.25, -0.2) is 8.42 Å². The van der Waals surface area contributed by atoms with Gasteiger partial charge in [0.15, 0.2) is 0 Å². The van der Waals surface area contributed by atoms with Gasteiger partial charge >= 0.3 is 0 Å². The van der Waals surface area contributed by atoms with Gasteiger partial charge in [-0.3, -0.25) is 0 Å². The number of rotatable bonds is 3. The molecule has 2 nitrogen and oxygen atoms in total. The lowest BCUT2D eigenvalue weighted by Gasteiger charge is -1.96. The Bertz CT molecular complexity index is 327. The van der Waals surface area contributed by atoms with Crippen LogP contribution in [0.5, 0.6) is 0 Å². The number of allylic oxidation sites excluding steroid dienone is 4. The third-order valence-corrected chi connectivity index (χ3v) is 3.37. The van der Waals surface area contributed by atoms with E-state index < -0.39 is 9.05 Å². The van der Waals surface area contributed by atoms with E-state index >= 15 is 0 Å². The summed E-state index contributed by atoms with van der Waals surface area (Å²) in [5, 5.41) is 0. The van der Waals surface area contributed by atoms with Crippen LogP contribution >= 0.6 is 26.6 Å². The SMILES string of the molecule is C=C(/C(Br)=C\C=C/C)S(=O)(=O)Cl. The lowest BCUT2D eigenvalue weighted by Crippen LogP contribution is -1.92. The van der Waals surface area contributed by atoms with Crippen LogP contribution in [0.4, 0.5) is 0 Å². The van der Waals surface area contributed by atoms with Crippen molar-refractivity contribution in [3.63, 3.8) is 0 Å². The van der Waals surface area contributed by atoms with Gasteiger partial charge in [0.2, 0.25) is 0 Å². The van der Waals surface area contributed by atoms with Crippen molar-refractivity contribution < 1.29 is 8.42 Å². The Morgan fingerprint density at radius 1 is 1.58 bits per heavy atom. The Balaban J connectivity index is 4.75. The molecule has 0 heterocycles. The maximum Gasteiger partial charge on any atom is 0.261 e. The van der Waals surface area contributed by atoms with Crippen LogP contribution in [0.1, 0.15) is 6.92 Å². The summed E-state index contributed by atoms with van der Waals surface area (Å²) in [6.45, 7) is 5.12. The van der Waals surface area contributed by atoms with E-state index in [9.17, 15) is 8.42 Å². The van der Waals surface area contributed by atoms with E-state index in [1.165, 1.54) is 0 Å². The fourth-order valence-electron chi connectivity index (χ4n) is 0.390. The van der Waals surface area contributed by atoms with Crippen molar-refractivity contribution in [2.45, 2.75) is 6.92 Å². The molecule has 0 N–H and O–H groups in total. The number of hydrogen-bond donors (Lipinski definition) is 0. The highest BCUT2D eigenvalue weighted by Crippen LogP contribution is 2.23. The minimum atomic E-state index is -3.70. The van der Waals surface area contributed by atoms with Crippen LogP contribution in [0.2, 0.25) is 0 Å². The molecule has 0 radical (unpaired) electrons. The fourth-order valence-corrected chi connectivity index (χ4v) is 2.01. The Morgan fingerprint density at radius 2 is 2.08 bits per heavy atom. The molecule has 0 saturated carbocycles. The van der Waals surface area contributed by atoms with Crippen LogP contribution in [-0.2, 0) is 9.05 Å². The van der Waals surface area contributed by atoms with Crippen LogP contribution < -0.4 is 0 Å². The maximum atomic E-state index is 10.7. The lowest BCUT2D eigenvalue weighted by atomic mass is 10.4. The van der Waals surface area contributed by atoms with Crippen molar-refractivity contribution in [1.82, 2.24) is 0 Å². The zero-order valence-electron chi connectivity index (χ0n) is 6.42. The molecule has 0 saturated heterocycles. The third kappa shape index (κ3) is 4.09. The van der Waals surface area contributed by atoms with E-state index in [2.05, 4.69) is 22.5 Å². The molecule has 0 unspecified atom stereocenters. The fraction of sp³-hybridized carbons (Fsp3) is 0.143. The molecule has 0 aliphatic heterocycles. The summed E-state index contributed by atoms with van der Waals surface area (Å²) in [6.07, 6.45) is 5.00. The molecule has 12 heavy (non-hydrogen) atoms. The maximum absolute atomic E-state index is 10.7. The van der Waals surface area contributed by atoms with Crippen LogP contribution in [0.15, 0.2) is 34.2 Å². The Labute approximate surface area is 85.2 Å². The molecular formula is C7H8BrClO2S. The highest BCUT2D eigenvalue weighted by molar-refractivity contribution is 9.12. The van der Waals surface area contributed by atoms with Gasteiger partial charge in [-0.2, -0.15) is 0 Å². The molecule has 0 aliphatic rings. The summed E-state index contributed by atoms with van der Waals surface area (Å²) >= 11 is 3.03. The van der Waals surface area contributed by atoms with Crippen LogP contribution in [0.25, 0.3) is 0 Å². The first-order valence-electron chi connectivity index (χ1n) is 3.02. The third-order valence-electron chi connectivity index (χ3n) is 0.996. The van der Waals surface area contributed by atoms with Gasteiger partial charge in [0, 0.05) is 15.2 Å². The Kier molecular flexibility index (Phi) is 4.82. The highest BCUT2D eigenvalue weighted by atomic mass is 79.9. The molecular weight excluding hydrogens is 263 g/mol. The number of hydrogen-bond acceptors (Lipinski definition) is 2. The first-order chi connectivity index (χ1) is 5.39. The topological polar surface area (TPSA) is 34.1 Å². The zero-order valence-corrected chi connectivity index (χ0v) is 9.58. The van der Waals surface area contributed by atoms with E-state index in [1.54, 1.807) is 18.2 Å². The van der Waals surface area contributed by atoms with Crippen LogP contribution in [0, 0.1) is 0 Å². The Hall–Kier alpha value is -0.0600. The van der Waals surface area contributed by atoms with Crippen LogP contribution in [0.3, 0.4) is 0 Å². The molecule has 0 atom stereocenters. The minimum Gasteiger partial charge on any atom is -0.207 e. The van der Waals surface area contributed by atoms with Crippen molar-refractivity contribution in [3.05, 3.63) is 34.2 Å². The van der Waals surface area contributed by atoms with Gasteiger partial charge in [-0.05, 0) is 28.9 Å². The van der Waals surface area contributed by atoms with E-state index in [4.69, 9.17) is 10.7 Å². The van der Waals surface area contributed by atoms with Crippen molar-refractivity contribution >= 4 is 35.7 Å². The molecule has 0 fully saturated rings. The lowest BCUT2D eigenvalue weighted by molar-refractivity contribution is 0.615. The van der Waals surface area contributed by atoms with Gasteiger partial charge in [-0.1, -0.05) is 18.7 Å². The predicted octanol–water partition coefficient (Wildman–Crippen LogP) is 2.92. The summed E-state index contributed by atoms with van der Waals surface area (Å²) in [4.78, 5) is -0.137. The second-order valence-corrected chi connectivity index (χ2v) is 5.34. The summed E-state index contributed by atoms with van der Waals surface area (Å²) in [6, 6.07) is 0. The quantitative estimate of drug-likeness (QED) is 0.584. The normalized spacial score (nSPS) is 13.8. The zero-order chi connectivity index (χ0) is 9.78. The Morgan fingerprint density at radius 3 is 2.42 bits per heavy atom. The molecule has 0 rings (SSSR count). The second-order valence-electron chi connectivity index (χ2n) is 1.90. The predicted molar refractivity (Wildman–Crippen MR) is 55.7 cm³/mol. The van der Waals surface area contributed by atoms with Crippen molar-refractivity contribution in [3.8, 4) is 0 Å². The van der Waals surface area contributed by atoms with Crippen molar-refractivity contribution in [2.75, 3.05) is 0 Å². The molecule has 0 aromatic heterocycles. The molecule has 0 spiro atoms. The molecule has 0 aliphatic carbocycles. The van der Waals surface area contributed by atoms with Gasteiger partial charge in [0.1, 0.15) is 0 Å². The standard InChI is InChI=1S/C7H8BrClO2S/c1-3-4-5-7(8)6(2)12(9,10)11/h3-5H,2H2,1H3/b4-3-,7-5+. The average molecular weight is 272 g/mol. The molecule has 0 bridgehead atoms. The van der Waals surface area contributed by atoms with Gasteiger partial charge < -0.3 is 0 Å². The summed E-state index contributed by atoms with van der Waals surface area (Å²) in [5.41, 5.74) is 0. The van der Waals surface area contributed by atoms with Gasteiger partial charge in [-0.15, -0.1) is 0 Å². The van der Waals surface area contributed by atoms with E-state index in [0.717, 1.165) is 0 Å². The number of halogens is 2. The molecule has 0 aromatic rings. The van der Waals surface area contributed by atoms with Gasteiger partial charge in [0.05, 0.1) is 4.91 Å². The summed E-state index contributed by atoms with van der Waals surface area (Å²) in [7, 11) is 1.33. The second kappa shape index (κ2) is 4.84. The average Bonchev–Trinajstić information content (AvgIpc) is 1.97. The molecule has 5 heteroatoms. The summed E-state index contributed by atoms with van der Waals surface area (Å²) < 4.78 is 21.8. The van der Waals surface area contributed by atoms with E-state index in [1.807, 2.05) is 6.92 Å². The van der Waals surface area contributed by atoms with E-state index in [0.29, 0.717) is 4.48 Å². The van der Waals surface area contributed by atoms with Crippen molar-refractivity contribution in [1.29, 1.82) is 0 Å². The molecule has 0 aromatic carbocycles. The molecule has 0 amide bonds. The monoisotopic (exact) mass is 270 g/mol.